The number of alkyl halides is 1. The molecule has 2 atom stereocenters. The molecular formula is C31H33Cl2F2N5O4. The predicted molar refractivity (Wildman–Crippen MR) is 165 cm³/mol. The van der Waals surface area contributed by atoms with Crippen LogP contribution in [-0.2, 0) is 16.1 Å². The molecule has 3 aromatic rings. The molecule has 3 fully saturated rings. The molecule has 1 aliphatic carbocycles. The number of anilines is 1. The molecule has 3 heterocycles. The van der Waals surface area contributed by atoms with Crippen LogP contribution in [0.1, 0.15) is 33.9 Å². The van der Waals surface area contributed by atoms with Crippen molar-refractivity contribution in [2.24, 2.45) is 0 Å². The maximum Gasteiger partial charge on any atom is 0.257 e. The molecule has 1 aromatic heterocycles. The first-order valence-corrected chi connectivity index (χ1v) is 15.4. The molecule has 2 aromatic carbocycles. The number of aromatic nitrogens is 1. The van der Waals surface area contributed by atoms with Gasteiger partial charge in [0.15, 0.2) is 0 Å². The number of piperazine rings is 1. The Bertz CT molecular complexity index is 1670. The lowest BCUT2D eigenvalue weighted by Crippen LogP contribution is -2.51. The van der Waals surface area contributed by atoms with Gasteiger partial charge in [0.25, 0.3) is 5.91 Å². The monoisotopic (exact) mass is 647 g/mol. The summed E-state index contributed by atoms with van der Waals surface area (Å²) in [6.45, 7) is 6.32. The van der Waals surface area contributed by atoms with E-state index in [4.69, 9.17) is 27.9 Å². The van der Waals surface area contributed by atoms with Crippen molar-refractivity contribution in [2.75, 3.05) is 63.9 Å². The number of nitrogens with one attached hydrogen (secondary N) is 1. The smallest absolute Gasteiger partial charge is 0.257 e. The van der Waals surface area contributed by atoms with Crippen LogP contribution in [-0.4, -0.2) is 91.4 Å². The Morgan fingerprint density at radius 2 is 1.77 bits per heavy atom. The van der Waals surface area contributed by atoms with Gasteiger partial charge < -0.3 is 24.4 Å². The minimum absolute atomic E-state index is 0.00205. The topological polar surface area (TPSA) is 87.1 Å². The van der Waals surface area contributed by atoms with E-state index in [1.54, 1.807) is 28.0 Å². The van der Waals surface area contributed by atoms with Crippen LogP contribution in [0.25, 0.3) is 10.9 Å². The summed E-state index contributed by atoms with van der Waals surface area (Å²) < 4.78 is 37.0. The molecule has 9 nitrogen and oxygen atoms in total. The molecule has 0 bridgehead atoms. The van der Waals surface area contributed by atoms with Crippen molar-refractivity contribution in [1.29, 1.82) is 0 Å². The molecule has 1 N–H and O–H groups in total. The average molecular weight is 649 g/mol. The first-order valence-electron chi connectivity index (χ1n) is 14.7. The van der Waals surface area contributed by atoms with Crippen LogP contribution in [0.15, 0.2) is 35.3 Å². The molecule has 2 amide bonds. The second-order valence-electron chi connectivity index (χ2n) is 11.5. The van der Waals surface area contributed by atoms with Crippen LogP contribution in [0.4, 0.5) is 14.5 Å². The van der Waals surface area contributed by atoms with Crippen molar-refractivity contribution in [1.82, 2.24) is 19.7 Å². The summed E-state index contributed by atoms with van der Waals surface area (Å²) >= 11 is 12.9. The number of pyridine rings is 1. The first-order chi connectivity index (χ1) is 21.1. The van der Waals surface area contributed by atoms with E-state index in [9.17, 15) is 18.8 Å². The van der Waals surface area contributed by atoms with E-state index in [-0.39, 0.29) is 52.6 Å². The Hall–Kier alpha value is -3.25. The van der Waals surface area contributed by atoms with Crippen LogP contribution < -0.4 is 15.6 Å². The van der Waals surface area contributed by atoms with Gasteiger partial charge >= 0.3 is 0 Å². The maximum atomic E-state index is 15.8. The van der Waals surface area contributed by atoms with E-state index in [1.165, 1.54) is 10.8 Å². The molecule has 2 aliphatic heterocycles. The summed E-state index contributed by atoms with van der Waals surface area (Å²) in [7, 11) is 0. The molecule has 2 unspecified atom stereocenters. The number of carbonyl (C=O) groups excluding carboxylic acids is 2. The second kappa shape index (κ2) is 12.6. The molecule has 6 rings (SSSR count). The third-order valence-corrected chi connectivity index (χ3v) is 9.22. The number of amides is 2. The van der Waals surface area contributed by atoms with Gasteiger partial charge in [0.2, 0.25) is 11.3 Å². The third kappa shape index (κ3) is 6.15. The highest BCUT2D eigenvalue weighted by atomic mass is 35.5. The summed E-state index contributed by atoms with van der Waals surface area (Å²) in [5.41, 5.74) is 1.12. The molecule has 0 spiro atoms. The normalized spacial score (nSPS) is 20.7. The lowest BCUT2D eigenvalue weighted by atomic mass is 10.1. The molecule has 3 aliphatic rings. The van der Waals surface area contributed by atoms with Crippen LogP contribution >= 0.6 is 23.2 Å². The van der Waals surface area contributed by atoms with E-state index in [0.29, 0.717) is 57.5 Å². The molecule has 2 saturated heterocycles. The third-order valence-electron chi connectivity index (χ3n) is 8.62. The largest absolute Gasteiger partial charge is 0.378 e. The number of carbonyl (C=O) groups is 2. The van der Waals surface area contributed by atoms with E-state index in [2.05, 4.69) is 5.32 Å². The van der Waals surface area contributed by atoms with Gasteiger partial charge in [-0.3, -0.25) is 19.3 Å². The van der Waals surface area contributed by atoms with E-state index < -0.39 is 29.4 Å². The highest BCUT2D eigenvalue weighted by Crippen LogP contribution is 2.44. The van der Waals surface area contributed by atoms with Crippen LogP contribution in [0, 0.1) is 12.7 Å². The number of morpholine rings is 1. The number of benzene rings is 2. The van der Waals surface area contributed by atoms with Crippen LogP contribution in [0.3, 0.4) is 0 Å². The molecule has 234 valence electrons. The predicted octanol–water partition coefficient (Wildman–Crippen LogP) is 3.95. The number of aryl methyl sites for hydroxylation is 1. The Labute approximate surface area is 263 Å². The fraction of sp³-hybridized carbons (Fsp3) is 0.452. The molecule has 44 heavy (non-hydrogen) atoms. The zero-order chi connectivity index (χ0) is 31.1. The van der Waals surface area contributed by atoms with E-state index in [0.717, 1.165) is 17.2 Å². The van der Waals surface area contributed by atoms with Crippen molar-refractivity contribution >= 4 is 51.6 Å². The summed E-state index contributed by atoms with van der Waals surface area (Å²) in [5.74, 6) is -1.32. The number of hydrogen-bond donors (Lipinski definition) is 1. The summed E-state index contributed by atoms with van der Waals surface area (Å²) in [4.78, 5) is 45.1. The van der Waals surface area contributed by atoms with Crippen molar-refractivity contribution in [3.8, 4) is 0 Å². The number of hydrogen-bond acceptors (Lipinski definition) is 6. The SMILES string of the molecule is Cc1cc(Cl)ccc1CNC(=O)c1cn(C2CC2F)c2c(Cl)c(N3CCN(CC(=O)N4CCOCC4)CC3)c(F)cc2c1=O. The highest BCUT2D eigenvalue weighted by Gasteiger charge is 2.41. The van der Waals surface area contributed by atoms with Crippen molar-refractivity contribution < 1.29 is 23.1 Å². The minimum atomic E-state index is -1.18. The molecule has 0 radical (unpaired) electrons. The second-order valence-corrected chi connectivity index (χ2v) is 12.3. The van der Waals surface area contributed by atoms with Gasteiger partial charge in [-0.05, 0) is 36.2 Å². The van der Waals surface area contributed by atoms with Crippen LogP contribution in [0.2, 0.25) is 10.0 Å². The Balaban J connectivity index is 1.25. The number of fused-ring (bicyclic) bond motifs is 1. The maximum absolute atomic E-state index is 15.8. The van der Waals surface area contributed by atoms with Gasteiger partial charge in [0.05, 0.1) is 47.4 Å². The number of nitrogens with zero attached hydrogens (tertiary/aromatic N) is 4. The van der Waals surface area contributed by atoms with Gasteiger partial charge in [-0.1, -0.05) is 29.3 Å². The van der Waals surface area contributed by atoms with Crippen LogP contribution in [0.5, 0.6) is 0 Å². The summed E-state index contributed by atoms with van der Waals surface area (Å²) in [6, 6.07) is 5.74. The molecular weight excluding hydrogens is 615 g/mol. The fourth-order valence-electron chi connectivity index (χ4n) is 5.95. The Morgan fingerprint density at radius 3 is 2.43 bits per heavy atom. The lowest BCUT2D eigenvalue weighted by Gasteiger charge is -2.37. The van der Waals surface area contributed by atoms with E-state index in [1.807, 2.05) is 11.8 Å². The summed E-state index contributed by atoms with van der Waals surface area (Å²) in [6.07, 6.45) is 0.356. The first kappa shape index (κ1) is 30.8. The van der Waals surface area contributed by atoms with Gasteiger partial charge in [0.1, 0.15) is 17.6 Å². The van der Waals surface area contributed by atoms with Gasteiger partial charge in [-0.25, -0.2) is 8.78 Å². The molecule has 13 heteroatoms. The number of ether oxygens (including phenoxy) is 1. The Morgan fingerprint density at radius 1 is 1.07 bits per heavy atom. The Kier molecular flexibility index (Phi) is 8.83. The molecule has 1 saturated carbocycles. The van der Waals surface area contributed by atoms with Crippen molar-refractivity contribution in [3.63, 3.8) is 0 Å². The highest BCUT2D eigenvalue weighted by molar-refractivity contribution is 6.38. The zero-order valence-electron chi connectivity index (χ0n) is 24.3. The zero-order valence-corrected chi connectivity index (χ0v) is 25.8. The van der Waals surface area contributed by atoms with Gasteiger partial charge in [-0.2, -0.15) is 0 Å². The minimum Gasteiger partial charge on any atom is -0.378 e. The van der Waals surface area contributed by atoms with E-state index >= 15 is 4.39 Å². The summed E-state index contributed by atoms with van der Waals surface area (Å²) in [5, 5.41) is 3.23. The number of halogens is 4. The lowest BCUT2D eigenvalue weighted by molar-refractivity contribution is -0.136. The van der Waals surface area contributed by atoms with Crippen molar-refractivity contribution in [3.05, 3.63) is 73.2 Å². The van der Waals surface area contributed by atoms with Crippen molar-refractivity contribution in [2.45, 2.75) is 32.1 Å². The standard InChI is InChI=1S/C31H33Cl2F2N5O4/c1-18-12-20(32)3-2-19(18)15-36-31(43)22-16-40(25-14-23(25)34)28-21(30(22)42)13-24(35)29(27(28)33)39-6-4-37(5-7-39)17-26(41)38-8-10-44-11-9-38/h2-3,12-13,16,23,25H,4-11,14-15,17H2,1H3,(H,36,43). The fourth-order valence-corrected chi connectivity index (χ4v) is 6.58. The quantitative estimate of drug-likeness (QED) is 0.418. The van der Waals surface area contributed by atoms with Gasteiger partial charge in [-0.15, -0.1) is 0 Å². The average Bonchev–Trinajstić information content (AvgIpc) is 3.74. The number of rotatable bonds is 7. The van der Waals surface area contributed by atoms with Gasteiger partial charge in [0, 0.05) is 63.5 Å².